The Bertz CT molecular complexity index is 371. The number of halogens is 1. The predicted molar refractivity (Wildman–Crippen MR) is 82.9 cm³/mol. The normalized spacial score (nSPS) is 11.7. The number of nitrogens with two attached hydrogens (primary N) is 1. The van der Waals surface area contributed by atoms with E-state index in [-0.39, 0.29) is 24.4 Å². The highest BCUT2D eigenvalue weighted by atomic mass is 35.5. The van der Waals surface area contributed by atoms with Crippen molar-refractivity contribution < 1.29 is 4.79 Å². The monoisotopic (exact) mass is 305 g/mol. The molecule has 1 aromatic heterocycles. The third-order valence-electron chi connectivity index (χ3n) is 2.84. The van der Waals surface area contributed by atoms with Crippen molar-refractivity contribution in [3.8, 4) is 0 Å². The number of unbranched alkanes of at least 4 members (excludes halogenated alkanes) is 1. The molecule has 1 heterocycles. The lowest BCUT2D eigenvalue weighted by Gasteiger charge is -2.17. The van der Waals surface area contributed by atoms with Crippen molar-refractivity contribution in [3.05, 3.63) is 16.1 Å². The van der Waals surface area contributed by atoms with Crippen LogP contribution in [0.4, 0.5) is 0 Å². The average molecular weight is 306 g/mol. The standard InChI is InChI=1S/C13H23N3OS.ClH/c1-3-5-7-10(6-4-2)15-13(17)11-9-18-12(8-14)16-11;/h9-10H,3-8,14H2,1-2H3,(H,15,17);1H. The summed E-state index contributed by atoms with van der Waals surface area (Å²) in [6, 6.07) is 0.269. The molecule has 1 rings (SSSR count). The van der Waals surface area contributed by atoms with Crippen LogP contribution in [0.2, 0.25) is 0 Å². The topological polar surface area (TPSA) is 68.0 Å². The van der Waals surface area contributed by atoms with Gasteiger partial charge in [0.15, 0.2) is 0 Å². The molecule has 3 N–H and O–H groups in total. The van der Waals surface area contributed by atoms with Crippen molar-refractivity contribution >= 4 is 29.7 Å². The minimum absolute atomic E-state index is 0. The molecule has 110 valence electrons. The van der Waals surface area contributed by atoms with Crippen LogP contribution >= 0.6 is 23.7 Å². The molecule has 4 nitrogen and oxygen atoms in total. The molecule has 0 saturated carbocycles. The van der Waals surface area contributed by atoms with Gasteiger partial charge in [0.2, 0.25) is 0 Å². The van der Waals surface area contributed by atoms with Crippen LogP contribution in [-0.2, 0) is 6.54 Å². The van der Waals surface area contributed by atoms with E-state index < -0.39 is 0 Å². The number of nitrogens with zero attached hydrogens (tertiary/aromatic N) is 1. The van der Waals surface area contributed by atoms with Crippen LogP contribution in [0.1, 0.15) is 61.4 Å². The Kier molecular flexibility index (Phi) is 9.83. The van der Waals surface area contributed by atoms with Crippen molar-refractivity contribution in [1.29, 1.82) is 0 Å². The first-order valence-corrected chi connectivity index (χ1v) is 7.54. The Hall–Kier alpha value is -0.650. The summed E-state index contributed by atoms with van der Waals surface area (Å²) in [5, 5.41) is 5.66. The lowest BCUT2D eigenvalue weighted by Crippen LogP contribution is -2.35. The molecule has 19 heavy (non-hydrogen) atoms. The summed E-state index contributed by atoms with van der Waals surface area (Å²) in [6.07, 6.45) is 5.46. The van der Waals surface area contributed by atoms with Crippen molar-refractivity contribution in [3.63, 3.8) is 0 Å². The lowest BCUT2D eigenvalue weighted by atomic mass is 10.1. The molecule has 0 aliphatic rings. The van der Waals surface area contributed by atoms with Crippen LogP contribution in [-0.4, -0.2) is 16.9 Å². The molecule has 1 aromatic rings. The number of amides is 1. The van der Waals surface area contributed by atoms with Gasteiger partial charge in [-0.15, -0.1) is 23.7 Å². The zero-order valence-corrected chi connectivity index (χ0v) is 13.3. The fourth-order valence-electron chi connectivity index (χ4n) is 1.86. The highest BCUT2D eigenvalue weighted by Crippen LogP contribution is 2.11. The van der Waals surface area contributed by atoms with Crippen molar-refractivity contribution in [2.24, 2.45) is 5.73 Å². The van der Waals surface area contributed by atoms with Gasteiger partial charge in [-0.3, -0.25) is 4.79 Å². The number of rotatable bonds is 8. The smallest absolute Gasteiger partial charge is 0.270 e. The Labute approximate surface area is 125 Å². The highest BCUT2D eigenvalue weighted by Gasteiger charge is 2.15. The summed E-state index contributed by atoms with van der Waals surface area (Å²) in [4.78, 5) is 16.2. The minimum Gasteiger partial charge on any atom is -0.348 e. The average Bonchev–Trinajstić information content (AvgIpc) is 2.85. The van der Waals surface area contributed by atoms with Gasteiger partial charge in [-0.05, 0) is 12.8 Å². The summed E-state index contributed by atoms with van der Waals surface area (Å²) in [5.41, 5.74) is 5.99. The fourth-order valence-corrected chi connectivity index (χ4v) is 2.51. The Morgan fingerprint density at radius 2 is 2.16 bits per heavy atom. The Balaban J connectivity index is 0.00000324. The number of carbonyl (C=O) groups excluding carboxylic acids is 1. The van der Waals surface area contributed by atoms with Gasteiger partial charge in [0.05, 0.1) is 0 Å². The van der Waals surface area contributed by atoms with Gasteiger partial charge in [-0.25, -0.2) is 4.98 Å². The van der Waals surface area contributed by atoms with E-state index >= 15 is 0 Å². The minimum atomic E-state index is -0.0690. The molecular formula is C13H24ClN3OS. The third kappa shape index (κ3) is 6.36. The molecule has 0 radical (unpaired) electrons. The van der Waals surface area contributed by atoms with E-state index in [1.165, 1.54) is 11.3 Å². The molecule has 0 aliphatic heterocycles. The van der Waals surface area contributed by atoms with E-state index in [2.05, 4.69) is 24.1 Å². The van der Waals surface area contributed by atoms with Crippen LogP contribution in [0.3, 0.4) is 0 Å². The van der Waals surface area contributed by atoms with Gasteiger partial charge < -0.3 is 11.1 Å². The van der Waals surface area contributed by atoms with Gasteiger partial charge in [0.1, 0.15) is 10.7 Å². The first-order chi connectivity index (χ1) is 8.71. The van der Waals surface area contributed by atoms with E-state index in [1.54, 1.807) is 5.38 Å². The van der Waals surface area contributed by atoms with E-state index in [1.807, 2.05) is 0 Å². The molecule has 1 atom stereocenters. The van der Waals surface area contributed by atoms with Crippen LogP contribution in [0.5, 0.6) is 0 Å². The molecule has 0 bridgehead atoms. The van der Waals surface area contributed by atoms with Crippen LogP contribution in [0.25, 0.3) is 0 Å². The molecule has 6 heteroatoms. The van der Waals surface area contributed by atoms with Crippen LogP contribution in [0, 0.1) is 0 Å². The summed E-state index contributed by atoms with van der Waals surface area (Å²) >= 11 is 1.44. The van der Waals surface area contributed by atoms with E-state index in [4.69, 9.17) is 5.73 Å². The van der Waals surface area contributed by atoms with Gasteiger partial charge in [-0.2, -0.15) is 0 Å². The quantitative estimate of drug-likeness (QED) is 0.775. The second-order valence-electron chi connectivity index (χ2n) is 4.43. The van der Waals surface area contributed by atoms with Crippen molar-refractivity contribution in [2.45, 2.75) is 58.5 Å². The molecule has 0 aliphatic carbocycles. The SMILES string of the molecule is CCCCC(CCC)NC(=O)c1csc(CN)n1.Cl. The second-order valence-corrected chi connectivity index (χ2v) is 5.37. The molecule has 1 amide bonds. The Morgan fingerprint density at radius 1 is 1.42 bits per heavy atom. The summed E-state index contributed by atoms with van der Waals surface area (Å²) in [7, 11) is 0. The number of nitrogens with one attached hydrogen (secondary N) is 1. The number of aromatic nitrogens is 1. The maximum atomic E-state index is 12.0. The zero-order valence-electron chi connectivity index (χ0n) is 11.6. The van der Waals surface area contributed by atoms with Crippen molar-refractivity contribution in [1.82, 2.24) is 10.3 Å². The van der Waals surface area contributed by atoms with Gasteiger partial charge in [-0.1, -0.05) is 33.1 Å². The number of thiazole rings is 1. The van der Waals surface area contributed by atoms with Crippen LogP contribution in [0.15, 0.2) is 5.38 Å². The van der Waals surface area contributed by atoms with E-state index in [9.17, 15) is 4.79 Å². The highest BCUT2D eigenvalue weighted by molar-refractivity contribution is 7.09. The van der Waals surface area contributed by atoms with Crippen molar-refractivity contribution in [2.75, 3.05) is 0 Å². The summed E-state index contributed by atoms with van der Waals surface area (Å²) in [6.45, 7) is 4.70. The number of hydrogen-bond acceptors (Lipinski definition) is 4. The number of hydrogen-bond donors (Lipinski definition) is 2. The van der Waals surface area contributed by atoms with E-state index in [0.717, 1.165) is 37.1 Å². The maximum Gasteiger partial charge on any atom is 0.270 e. The van der Waals surface area contributed by atoms with Gasteiger partial charge in [0, 0.05) is 18.0 Å². The first kappa shape index (κ1) is 18.4. The second kappa shape index (κ2) is 10.2. The molecule has 0 saturated heterocycles. The molecule has 0 spiro atoms. The molecule has 1 unspecified atom stereocenters. The summed E-state index contributed by atoms with van der Waals surface area (Å²) in [5.74, 6) is -0.0690. The lowest BCUT2D eigenvalue weighted by molar-refractivity contribution is 0.0927. The molecular weight excluding hydrogens is 282 g/mol. The third-order valence-corrected chi connectivity index (χ3v) is 3.71. The van der Waals surface area contributed by atoms with Crippen LogP contribution < -0.4 is 11.1 Å². The predicted octanol–water partition coefficient (Wildman–Crippen LogP) is 3.11. The van der Waals surface area contributed by atoms with E-state index in [0.29, 0.717) is 12.2 Å². The van der Waals surface area contributed by atoms with Gasteiger partial charge >= 0.3 is 0 Å². The van der Waals surface area contributed by atoms with Gasteiger partial charge in [0.25, 0.3) is 5.91 Å². The molecule has 0 aromatic carbocycles. The fraction of sp³-hybridized carbons (Fsp3) is 0.692. The summed E-state index contributed by atoms with van der Waals surface area (Å²) < 4.78 is 0. The molecule has 0 fully saturated rings. The number of carbonyl (C=O) groups is 1. The Morgan fingerprint density at radius 3 is 2.68 bits per heavy atom. The zero-order chi connectivity index (χ0) is 13.4. The maximum absolute atomic E-state index is 12.0. The first-order valence-electron chi connectivity index (χ1n) is 6.66. The largest absolute Gasteiger partial charge is 0.348 e.